The molecule has 0 saturated heterocycles. The highest BCUT2D eigenvalue weighted by atomic mass is 16.5. The van der Waals surface area contributed by atoms with Crippen LogP contribution in [0.4, 0.5) is 0 Å². The number of hydrogen-bond donors (Lipinski definition) is 1. The van der Waals surface area contributed by atoms with Crippen LogP contribution < -0.4 is 19.5 Å². The van der Waals surface area contributed by atoms with E-state index in [0.29, 0.717) is 23.1 Å². The second kappa shape index (κ2) is 10.6. The van der Waals surface area contributed by atoms with Crippen molar-refractivity contribution >= 4 is 5.91 Å². The Morgan fingerprint density at radius 1 is 0.971 bits per heavy atom. The molecule has 0 saturated carbocycles. The van der Waals surface area contributed by atoms with E-state index in [9.17, 15) is 4.79 Å². The summed E-state index contributed by atoms with van der Waals surface area (Å²) in [5.41, 5.74) is 2.03. The van der Waals surface area contributed by atoms with E-state index in [-0.39, 0.29) is 12.5 Å². The number of rotatable bonds is 9. The average molecular weight is 458 g/mol. The molecule has 4 aromatic rings. The Labute approximate surface area is 198 Å². The lowest BCUT2D eigenvalue weighted by Gasteiger charge is -2.20. The molecule has 34 heavy (non-hydrogen) atoms. The highest BCUT2D eigenvalue weighted by Gasteiger charge is 2.21. The van der Waals surface area contributed by atoms with Gasteiger partial charge in [-0.25, -0.2) is 4.98 Å². The number of benzene rings is 3. The van der Waals surface area contributed by atoms with E-state index in [1.807, 2.05) is 73.3 Å². The fourth-order valence-electron chi connectivity index (χ4n) is 3.47. The zero-order valence-corrected chi connectivity index (χ0v) is 19.4. The van der Waals surface area contributed by atoms with Gasteiger partial charge >= 0.3 is 0 Å². The summed E-state index contributed by atoms with van der Waals surface area (Å²) in [5, 5.41) is 3.02. The van der Waals surface area contributed by atoms with Gasteiger partial charge in [0.15, 0.2) is 6.61 Å². The topological polar surface area (TPSA) is 74.6 Å². The van der Waals surface area contributed by atoms with Crippen LogP contribution in [0.2, 0.25) is 0 Å². The summed E-state index contributed by atoms with van der Waals surface area (Å²) >= 11 is 0. The van der Waals surface area contributed by atoms with Gasteiger partial charge in [0.1, 0.15) is 34.9 Å². The van der Waals surface area contributed by atoms with Gasteiger partial charge in [0.25, 0.3) is 5.91 Å². The van der Waals surface area contributed by atoms with E-state index in [1.165, 1.54) is 5.56 Å². The number of carbonyl (C=O) groups excluding carboxylic acids is 1. The Balaban J connectivity index is 1.39. The number of amides is 1. The third-order valence-electron chi connectivity index (χ3n) is 5.30. The normalized spacial score (nSPS) is 11.5. The molecule has 174 valence electrons. The Kier molecular flexibility index (Phi) is 7.13. The predicted octanol–water partition coefficient (Wildman–Crippen LogP) is 4.81. The third kappa shape index (κ3) is 5.75. The lowest BCUT2D eigenvalue weighted by molar-refractivity contribution is -0.123. The Bertz CT molecular complexity index is 1230. The van der Waals surface area contributed by atoms with E-state index in [0.717, 1.165) is 11.3 Å². The molecule has 1 N–H and O–H groups in total. The molecule has 1 heterocycles. The molecule has 1 aromatic heterocycles. The molecular weight excluding hydrogens is 430 g/mol. The Hall–Kier alpha value is -4.26. The molecule has 0 radical (unpaired) electrons. The number of carbonyl (C=O) groups is 1. The number of imidazole rings is 1. The Morgan fingerprint density at radius 2 is 1.65 bits per heavy atom. The van der Waals surface area contributed by atoms with Gasteiger partial charge in [-0.05, 0) is 61.0 Å². The average Bonchev–Trinajstić information content (AvgIpc) is 3.29. The molecule has 0 aliphatic heterocycles. The summed E-state index contributed by atoms with van der Waals surface area (Å²) in [6.45, 7) is 1.89. The van der Waals surface area contributed by atoms with Crippen molar-refractivity contribution in [1.29, 1.82) is 0 Å². The van der Waals surface area contributed by atoms with E-state index in [4.69, 9.17) is 14.2 Å². The SMILES string of the molecule is COc1cccc(C(NC(=O)COc2ccc(Oc3ccc(C)cc3)cc2)c2nccn2C)c1. The fourth-order valence-corrected chi connectivity index (χ4v) is 3.47. The van der Waals surface area contributed by atoms with Gasteiger partial charge in [-0.3, -0.25) is 4.79 Å². The van der Waals surface area contributed by atoms with Crippen LogP contribution in [0.15, 0.2) is 85.2 Å². The molecule has 1 atom stereocenters. The standard InChI is InChI=1S/C27H27N3O4/c1-19-7-9-22(10-8-19)34-23-13-11-21(12-14-23)33-18-25(31)29-26(27-28-15-16-30(27)2)20-5-4-6-24(17-20)32-3/h4-17,26H,18H2,1-3H3,(H,29,31). The van der Waals surface area contributed by atoms with Crippen LogP contribution in [0.1, 0.15) is 23.0 Å². The van der Waals surface area contributed by atoms with Crippen LogP contribution in [-0.4, -0.2) is 29.2 Å². The first-order valence-electron chi connectivity index (χ1n) is 10.9. The first-order chi connectivity index (χ1) is 16.5. The lowest BCUT2D eigenvalue weighted by atomic mass is 10.1. The molecule has 0 aliphatic carbocycles. The van der Waals surface area contributed by atoms with Crippen molar-refractivity contribution in [2.75, 3.05) is 13.7 Å². The number of methoxy groups -OCH3 is 1. The molecule has 1 unspecified atom stereocenters. The number of ether oxygens (including phenoxy) is 3. The number of aromatic nitrogens is 2. The summed E-state index contributed by atoms with van der Waals surface area (Å²) in [5.74, 6) is 3.16. The fraction of sp³-hybridized carbons (Fsp3) is 0.185. The van der Waals surface area contributed by atoms with E-state index >= 15 is 0 Å². The first-order valence-corrected chi connectivity index (χ1v) is 10.9. The Morgan fingerprint density at radius 3 is 2.29 bits per heavy atom. The number of aryl methyl sites for hydroxylation is 2. The van der Waals surface area contributed by atoms with Crippen LogP contribution in [0.25, 0.3) is 0 Å². The van der Waals surface area contributed by atoms with Crippen molar-refractivity contribution < 1.29 is 19.0 Å². The maximum Gasteiger partial charge on any atom is 0.258 e. The quantitative estimate of drug-likeness (QED) is 0.390. The van der Waals surface area contributed by atoms with Crippen LogP contribution in [0.5, 0.6) is 23.0 Å². The first kappa shape index (κ1) is 22.9. The van der Waals surface area contributed by atoms with Crippen molar-refractivity contribution in [3.63, 3.8) is 0 Å². The second-order valence-corrected chi connectivity index (χ2v) is 7.85. The van der Waals surface area contributed by atoms with Crippen LogP contribution in [0, 0.1) is 6.92 Å². The van der Waals surface area contributed by atoms with Gasteiger partial charge in [0.2, 0.25) is 0 Å². The van der Waals surface area contributed by atoms with Crippen molar-refractivity contribution in [1.82, 2.24) is 14.9 Å². The zero-order chi connectivity index (χ0) is 23.9. The van der Waals surface area contributed by atoms with E-state index in [2.05, 4.69) is 10.3 Å². The molecule has 0 aliphatic rings. The zero-order valence-electron chi connectivity index (χ0n) is 19.4. The minimum Gasteiger partial charge on any atom is -0.497 e. The minimum atomic E-state index is -0.448. The number of nitrogens with zero attached hydrogens (tertiary/aromatic N) is 2. The molecule has 0 bridgehead atoms. The largest absolute Gasteiger partial charge is 0.497 e. The second-order valence-electron chi connectivity index (χ2n) is 7.85. The molecule has 3 aromatic carbocycles. The molecule has 0 fully saturated rings. The van der Waals surface area contributed by atoms with Crippen LogP contribution in [0.3, 0.4) is 0 Å². The maximum atomic E-state index is 12.8. The van der Waals surface area contributed by atoms with Crippen LogP contribution >= 0.6 is 0 Å². The number of nitrogens with one attached hydrogen (secondary N) is 1. The highest BCUT2D eigenvalue weighted by molar-refractivity contribution is 5.78. The van der Waals surface area contributed by atoms with Gasteiger partial charge in [0, 0.05) is 19.4 Å². The predicted molar refractivity (Wildman–Crippen MR) is 129 cm³/mol. The van der Waals surface area contributed by atoms with Crippen molar-refractivity contribution in [3.8, 4) is 23.0 Å². The third-order valence-corrected chi connectivity index (χ3v) is 5.30. The molecule has 7 nitrogen and oxygen atoms in total. The van der Waals surface area contributed by atoms with Crippen molar-refractivity contribution in [2.45, 2.75) is 13.0 Å². The molecule has 1 amide bonds. The van der Waals surface area contributed by atoms with Gasteiger partial charge in [-0.15, -0.1) is 0 Å². The van der Waals surface area contributed by atoms with E-state index in [1.54, 1.807) is 37.6 Å². The monoisotopic (exact) mass is 457 g/mol. The van der Waals surface area contributed by atoms with Crippen molar-refractivity contribution in [2.24, 2.45) is 7.05 Å². The molecule has 4 rings (SSSR count). The smallest absolute Gasteiger partial charge is 0.258 e. The highest BCUT2D eigenvalue weighted by Crippen LogP contribution is 2.25. The summed E-state index contributed by atoms with van der Waals surface area (Å²) in [6, 6.07) is 22.1. The summed E-state index contributed by atoms with van der Waals surface area (Å²) < 4.78 is 18.7. The van der Waals surface area contributed by atoms with Gasteiger partial charge in [-0.2, -0.15) is 0 Å². The minimum absolute atomic E-state index is 0.136. The van der Waals surface area contributed by atoms with Gasteiger partial charge < -0.3 is 24.1 Å². The van der Waals surface area contributed by atoms with E-state index < -0.39 is 6.04 Å². The summed E-state index contributed by atoms with van der Waals surface area (Å²) in [4.78, 5) is 17.2. The molecule has 0 spiro atoms. The van der Waals surface area contributed by atoms with Crippen molar-refractivity contribution in [3.05, 3.63) is 102 Å². The maximum absolute atomic E-state index is 12.8. The number of hydrogen-bond acceptors (Lipinski definition) is 5. The lowest BCUT2D eigenvalue weighted by Crippen LogP contribution is -2.34. The van der Waals surface area contributed by atoms with Gasteiger partial charge in [-0.1, -0.05) is 29.8 Å². The summed E-state index contributed by atoms with van der Waals surface area (Å²) in [7, 11) is 3.50. The van der Waals surface area contributed by atoms with Crippen LogP contribution in [-0.2, 0) is 11.8 Å². The summed E-state index contributed by atoms with van der Waals surface area (Å²) in [6.07, 6.45) is 3.54. The molecular formula is C27H27N3O4. The van der Waals surface area contributed by atoms with Gasteiger partial charge in [0.05, 0.1) is 7.11 Å². The molecule has 7 heteroatoms.